The zero-order valence-electron chi connectivity index (χ0n) is 9.96. The molecule has 1 aliphatic rings. The Hall–Kier alpha value is -0.610. The summed E-state index contributed by atoms with van der Waals surface area (Å²) in [4.78, 5) is 4.58. The SMILES string of the molecule is CC1CC1n1c(CCCl)nc2cc(Br)c(F)cc21. The molecule has 3 rings (SSSR count). The van der Waals surface area contributed by atoms with Crippen molar-refractivity contribution in [2.45, 2.75) is 25.8 Å². The lowest BCUT2D eigenvalue weighted by Gasteiger charge is -2.07. The molecule has 2 aromatic rings. The number of halogens is 3. The molecule has 0 saturated heterocycles. The Labute approximate surface area is 118 Å². The molecule has 2 unspecified atom stereocenters. The van der Waals surface area contributed by atoms with E-state index in [1.807, 2.05) is 0 Å². The molecule has 0 radical (unpaired) electrons. The van der Waals surface area contributed by atoms with Crippen LogP contribution in [-0.2, 0) is 6.42 Å². The van der Waals surface area contributed by atoms with Crippen molar-refractivity contribution in [2.24, 2.45) is 5.92 Å². The average molecular weight is 332 g/mol. The molecule has 1 heterocycles. The fourth-order valence-electron chi connectivity index (χ4n) is 2.43. The van der Waals surface area contributed by atoms with Gasteiger partial charge in [0.25, 0.3) is 0 Å². The first-order valence-corrected chi connectivity index (χ1v) is 7.36. The quantitative estimate of drug-likeness (QED) is 0.767. The number of imidazole rings is 1. The van der Waals surface area contributed by atoms with E-state index in [0.29, 0.717) is 22.3 Å². The molecule has 2 nitrogen and oxygen atoms in total. The Morgan fingerprint density at radius 2 is 2.28 bits per heavy atom. The summed E-state index contributed by atoms with van der Waals surface area (Å²) >= 11 is 9.03. The van der Waals surface area contributed by atoms with Gasteiger partial charge in [-0.1, -0.05) is 6.92 Å². The van der Waals surface area contributed by atoms with Gasteiger partial charge in [0, 0.05) is 24.4 Å². The predicted octanol–water partition coefficient (Wildman–Crippen LogP) is 4.30. The van der Waals surface area contributed by atoms with Crippen molar-refractivity contribution in [3.8, 4) is 0 Å². The van der Waals surface area contributed by atoms with Gasteiger partial charge in [-0.05, 0) is 34.3 Å². The molecular weight excluding hydrogens is 319 g/mol. The van der Waals surface area contributed by atoms with Crippen LogP contribution in [0.25, 0.3) is 11.0 Å². The minimum Gasteiger partial charge on any atom is -0.324 e. The van der Waals surface area contributed by atoms with E-state index in [1.165, 1.54) is 0 Å². The second-order valence-corrected chi connectivity index (χ2v) is 6.10. The van der Waals surface area contributed by atoms with Crippen LogP contribution in [0.4, 0.5) is 4.39 Å². The average Bonchev–Trinajstić information content (AvgIpc) is 2.92. The molecule has 1 aromatic heterocycles. The fraction of sp³-hybridized carbons (Fsp3) is 0.462. The van der Waals surface area contributed by atoms with Gasteiger partial charge >= 0.3 is 0 Å². The number of alkyl halides is 1. The predicted molar refractivity (Wildman–Crippen MR) is 74.6 cm³/mol. The van der Waals surface area contributed by atoms with E-state index >= 15 is 0 Å². The number of hydrogen-bond donors (Lipinski definition) is 0. The molecule has 0 amide bonds. The standard InChI is InChI=1S/C13H13BrClFN2/c1-7-4-11(7)18-12-6-9(16)8(14)5-10(12)17-13(18)2-3-15/h5-7,11H,2-4H2,1H3. The van der Waals surface area contributed by atoms with Crippen LogP contribution >= 0.6 is 27.5 Å². The molecule has 96 valence electrons. The summed E-state index contributed by atoms with van der Waals surface area (Å²) < 4.78 is 16.3. The Morgan fingerprint density at radius 3 is 2.89 bits per heavy atom. The highest BCUT2D eigenvalue weighted by Gasteiger charge is 2.36. The lowest BCUT2D eigenvalue weighted by Crippen LogP contribution is -2.03. The third kappa shape index (κ3) is 1.95. The first-order chi connectivity index (χ1) is 8.61. The maximum atomic E-state index is 13.7. The number of aromatic nitrogens is 2. The zero-order valence-corrected chi connectivity index (χ0v) is 12.3. The van der Waals surface area contributed by atoms with Crippen LogP contribution in [-0.4, -0.2) is 15.4 Å². The van der Waals surface area contributed by atoms with Gasteiger partial charge in [0.2, 0.25) is 0 Å². The highest BCUT2D eigenvalue weighted by atomic mass is 79.9. The fourth-order valence-corrected chi connectivity index (χ4v) is 2.93. The zero-order chi connectivity index (χ0) is 12.9. The summed E-state index contributed by atoms with van der Waals surface area (Å²) in [6.45, 7) is 2.20. The van der Waals surface area contributed by atoms with Crippen LogP contribution in [0.5, 0.6) is 0 Å². The highest BCUT2D eigenvalue weighted by Crippen LogP contribution is 2.45. The van der Waals surface area contributed by atoms with Crippen LogP contribution in [0.15, 0.2) is 16.6 Å². The van der Waals surface area contributed by atoms with Crippen LogP contribution < -0.4 is 0 Å². The van der Waals surface area contributed by atoms with Crippen molar-refractivity contribution in [1.29, 1.82) is 0 Å². The Morgan fingerprint density at radius 1 is 1.56 bits per heavy atom. The van der Waals surface area contributed by atoms with E-state index in [4.69, 9.17) is 11.6 Å². The number of fused-ring (bicyclic) bond motifs is 1. The lowest BCUT2D eigenvalue weighted by atomic mass is 10.3. The molecule has 18 heavy (non-hydrogen) atoms. The first kappa shape index (κ1) is 12.4. The normalized spacial score (nSPS) is 22.7. The summed E-state index contributed by atoms with van der Waals surface area (Å²) in [6.07, 6.45) is 1.86. The van der Waals surface area contributed by atoms with E-state index < -0.39 is 0 Å². The second kappa shape index (κ2) is 4.49. The smallest absolute Gasteiger partial charge is 0.139 e. The molecule has 0 N–H and O–H groups in total. The van der Waals surface area contributed by atoms with Crippen LogP contribution in [0.3, 0.4) is 0 Å². The Kier molecular flexibility index (Phi) is 3.10. The number of hydrogen-bond acceptors (Lipinski definition) is 1. The molecule has 0 spiro atoms. The highest BCUT2D eigenvalue weighted by molar-refractivity contribution is 9.10. The number of nitrogens with zero attached hydrogens (tertiary/aromatic N) is 2. The van der Waals surface area contributed by atoms with Crippen molar-refractivity contribution in [2.75, 3.05) is 5.88 Å². The van der Waals surface area contributed by atoms with Gasteiger partial charge in [-0.3, -0.25) is 0 Å². The minimum atomic E-state index is -0.241. The largest absolute Gasteiger partial charge is 0.324 e. The molecule has 1 aromatic carbocycles. The van der Waals surface area contributed by atoms with Crippen molar-refractivity contribution in [3.63, 3.8) is 0 Å². The van der Waals surface area contributed by atoms with E-state index in [2.05, 4.69) is 32.4 Å². The second-order valence-electron chi connectivity index (χ2n) is 4.87. The van der Waals surface area contributed by atoms with Gasteiger partial charge < -0.3 is 4.57 Å². The molecule has 1 saturated carbocycles. The molecular formula is C13H13BrClFN2. The van der Waals surface area contributed by atoms with Gasteiger partial charge in [-0.25, -0.2) is 9.37 Å². The third-order valence-electron chi connectivity index (χ3n) is 3.52. The third-order valence-corrected chi connectivity index (χ3v) is 4.32. The van der Waals surface area contributed by atoms with Crippen molar-refractivity contribution >= 4 is 38.6 Å². The topological polar surface area (TPSA) is 17.8 Å². The van der Waals surface area contributed by atoms with E-state index in [1.54, 1.807) is 12.1 Å². The summed E-state index contributed by atoms with van der Waals surface area (Å²) in [5.74, 6) is 1.90. The minimum absolute atomic E-state index is 0.241. The van der Waals surface area contributed by atoms with Gasteiger partial charge in [-0.15, -0.1) is 11.6 Å². The molecule has 1 fully saturated rings. The van der Waals surface area contributed by atoms with Crippen LogP contribution in [0, 0.1) is 11.7 Å². The van der Waals surface area contributed by atoms with Crippen molar-refractivity contribution < 1.29 is 4.39 Å². The Balaban J connectivity index is 2.21. The summed E-state index contributed by atoms with van der Waals surface area (Å²) in [7, 11) is 0. The summed E-state index contributed by atoms with van der Waals surface area (Å²) in [5, 5.41) is 0. The van der Waals surface area contributed by atoms with Crippen LogP contribution in [0.2, 0.25) is 0 Å². The number of rotatable bonds is 3. The molecule has 1 aliphatic carbocycles. The van der Waals surface area contributed by atoms with Gasteiger partial charge in [0.1, 0.15) is 11.6 Å². The van der Waals surface area contributed by atoms with E-state index in [0.717, 1.165) is 29.7 Å². The lowest BCUT2D eigenvalue weighted by molar-refractivity contribution is 0.619. The van der Waals surface area contributed by atoms with E-state index in [9.17, 15) is 4.39 Å². The van der Waals surface area contributed by atoms with E-state index in [-0.39, 0.29) is 5.82 Å². The maximum Gasteiger partial charge on any atom is 0.139 e. The van der Waals surface area contributed by atoms with Crippen molar-refractivity contribution in [3.05, 3.63) is 28.2 Å². The van der Waals surface area contributed by atoms with Gasteiger partial charge in [0.15, 0.2) is 0 Å². The van der Waals surface area contributed by atoms with Crippen molar-refractivity contribution in [1.82, 2.24) is 9.55 Å². The number of aryl methyl sites for hydroxylation is 1. The summed E-state index contributed by atoms with van der Waals surface area (Å²) in [5.41, 5.74) is 1.72. The van der Waals surface area contributed by atoms with Gasteiger partial charge in [0.05, 0.1) is 15.5 Å². The number of benzene rings is 1. The first-order valence-electron chi connectivity index (χ1n) is 6.03. The van der Waals surface area contributed by atoms with Crippen LogP contribution in [0.1, 0.15) is 25.2 Å². The molecule has 5 heteroatoms. The molecule has 2 atom stereocenters. The molecule has 0 bridgehead atoms. The maximum absolute atomic E-state index is 13.7. The molecule has 0 aliphatic heterocycles. The Bertz CT molecular complexity index is 611. The summed E-state index contributed by atoms with van der Waals surface area (Å²) in [6, 6.07) is 3.76. The van der Waals surface area contributed by atoms with Gasteiger partial charge in [-0.2, -0.15) is 0 Å². The monoisotopic (exact) mass is 330 g/mol.